The highest BCUT2D eigenvalue weighted by Crippen LogP contribution is 2.27. The molecule has 1 aromatic heterocycles. The van der Waals surface area contributed by atoms with Crippen LogP contribution in [0.3, 0.4) is 0 Å². The van der Waals surface area contributed by atoms with E-state index in [2.05, 4.69) is 10.3 Å². The number of nitriles is 1. The van der Waals surface area contributed by atoms with Gasteiger partial charge in [0.25, 0.3) is 0 Å². The van der Waals surface area contributed by atoms with Gasteiger partial charge >= 0.3 is 5.97 Å². The van der Waals surface area contributed by atoms with Gasteiger partial charge in [0.1, 0.15) is 11.1 Å². The second-order valence-corrected chi connectivity index (χ2v) is 7.86. The molecule has 0 aliphatic rings. The van der Waals surface area contributed by atoms with E-state index in [0.717, 1.165) is 17.3 Å². The van der Waals surface area contributed by atoms with Crippen molar-refractivity contribution in [3.05, 3.63) is 56.7 Å². The largest absolute Gasteiger partial charge is 0.462 e. The number of nitrogens with one attached hydrogen (secondary N) is 1. The summed E-state index contributed by atoms with van der Waals surface area (Å²) in [5.41, 5.74) is 1.64. The van der Waals surface area contributed by atoms with Crippen molar-refractivity contribution >= 4 is 46.8 Å². The molecule has 1 unspecified atom stereocenters. The van der Waals surface area contributed by atoms with Crippen molar-refractivity contribution in [2.24, 2.45) is 0 Å². The Hall–Kier alpha value is -2.27. The SMILES string of the molecule is CCOC(=O)c1cc(C#N)c(SCC(=O)NC(C)c2ccc(Cl)cc2Cl)nc1C. The van der Waals surface area contributed by atoms with Crippen LogP contribution in [-0.2, 0) is 9.53 Å². The Morgan fingerprint density at radius 2 is 2.07 bits per heavy atom. The Kier molecular flexibility index (Phi) is 8.32. The minimum Gasteiger partial charge on any atom is -0.462 e. The number of hydrogen-bond donors (Lipinski definition) is 1. The number of pyridine rings is 1. The predicted molar refractivity (Wildman–Crippen MR) is 113 cm³/mol. The summed E-state index contributed by atoms with van der Waals surface area (Å²) in [6, 6.07) is 8.22. The number of carbonyl (C=O) groups is 2. The summed E-state index contributed by atoms with van der Waals surface area (Å²) in [6.07, 6.45) is 0. The molecule has 0 saturated heterocycles. The van der Waals surface area contributed by atoms with Crippen molar-refractivity contribution in [1.29, 1.82) is 5.26 Å². The fraction of sp³-hybridized carbons (Fsp3) is 0.300. The first-order valence-corrected chi connectivity index (χ1v) is 10.5. The van der Waals surface area contributed by atoms with Gasteiger partial charge < -0.3 is 10.1 Å². The van der Waals surface area contributed by atoms with E-state index in [4.69, 9.17) is 27.9 Å². The molecule has 152 valence electrons. The third-order valence-corrected chi connectivity index (χ3v) is 5.49. The summed E-state index contributed by atoms with van der Waals surface area (Å²) in [6.45, 7) is 5.40. The normalized spacial score (nSPS) is 11.4. The summed E-state index contributed by atoms with van der Waals surface area (Å²) in [7, 11) is 0. The number of ether oxygens (including phenoxy) is 1. The third kappa shape index (κ3) is 6.10. The topological polar surface area (TPSA) is 92.1 Å². The number of nitrogens with zero attached hydrogens (tertiary/aromatic N) is 2. The highest BCUT2D eigenvalue weighted by Gasteiger charge is 2.18. The highest BCUT2D eigenvalue weighted by atomic mass is 35.5. The number of halogens is 2. The van der Waals surface area contributed by atoms with Crippen LogP contribution in [0.2, 0.25) is 10.0 Å². The molecule has 0 radical (unpaired) electrons. The average molecular weight is 452 g/mol. The fourth-order valence-corrected chi connectivity index (χ4v) is 3.92. The Morgan fingerprint density at radius 1 is 1.34 bits per heavy atom. The zero-order chi connectivity index (χ0) is 21.6. The molecule has 1 aromatic carbocycles. The summed E-state index contributed by atoms with van der Waals surface area (Å²) in [5, 5.41) is 13.6. The number of benzene rings is 1. The van der Waals surface area contributed by atoms with Gasteiger partial charge in [-0.2, -0.15) is 5.26 Å². The van der Waals surface area contributed by atoms with E-state index in [-0.39, 0.29) is 35.4 Å². The molecule has 0 fully saturated rings. The van der Waals surface area contributed by atoms with E-state index in [1.54, 1.807) is 32.0 Å². The molecule has 9 heteroatoms. The Labute approximate surface area is 183 Å². The van der Waals surface area contributed by atoms with Crippen LogP contribution in [0.1, 0.15) is 47.1 Å². The maximum Gasteiger partial charge on any atom is 0.340 e. The molecule has 0 bridgehead atoms. The molecule has 2 aromatic rings. The van der Waals surface area contributed by atoms with Crippen LogP contribution in [0.15, 0.2) is 29.3 Å². The summed E-state index contributed by atoms with van der Waals surface area (Å²) in [4.78, 5) is 28.6. The maximum absolute atomic E-state index is 12.3. The van der Waals surface area contributed by atoms with Crippen LogP contribution in [0, 0.1) is 18.3 Å². The molecule has 0 aliphatic carbocycles. The number of thioether (sulfide) groups is 1. The molecule has 0 saturated carbocycles. The van der Waals surface area contributed by atoms with Gasteiger partial charge in [0.15, 0.2) is 0 Å². The molecular weight excluding hydrogens is 433 g/mol. The number of hydrogen-bond acceptors (Lipinski definition) is 6. The molecular formula is C20H19Cl2N3O3S. The van der Waals surface area contributed by atoms with Crippen molar-refractivity contribution in [2.75, 3.05) is 12.4 Å². The van der Waals surface area contributed by atoms with Gasteiger partial charge in [0, 0.05) is 10.0 Å². The minimum atomic E-state index is -0.531. The lowest BCUT2D eigenvalue weighted by Crippen LogP contribution is -2.28. The van der Waals surface area contributed by atoms with Gasteiger partial charge in [0.05, 0.1) is 35.2 Å². The maximum atomic E-state index is 12.3. The lowest BCUT2D eigenvalue weighted by atomic mass is 10.1. The van der Waals surface area contributed by atoms with Gasteiger partial charge in [-0.3, -0.25) is 4.79 Å². The number of esters is 1. The molecule has 1 heterocycles. The van der Waals surface area contributed by atoms with Gasteiger partial charge in [-0.25, -0.2) is 9.78 Å². The van der Waals surface area contributed by atoms with Gasteiger partial charge in [-0.05, 0) is 44.5 Å². The van der Waals surface area contributed by atoms with Crippen LogP contribution in [0.5, 0.6) is 0 Å². The van der Waals surface area contributed by atoms with Crippen molar-refractivity contribution in [1.82, 2.24) is 10.3 Å². The second kappa shape index (κ2) is 10.5. The monoisotopic (exact) mass is 451 g/mol. The van der Waals surface area contributed by atoms with Crippen LogP contribution in [0.25, 0.3) is 0 Å². The highest BCUT2D eigenvalue weighted by molar-refractivity contribution is 8.00. The van der Waals surface area contributed by atoms with E-state index < -0.39 is 5.97 Å². The minimum absolute atomic E-state index is 0.0510. The quantitative estimate of drug-likeness (QED) is 0.483. The van der Waals surface area contributed by atoms with Crippen molar-refractivity contribution in [3.63, 3.8) is 0 Å². The van der Waals surface area contributed by atoms with E-state index in [1.807, 2.05) is 13.0 Å². The van der Waals surface area contributed by atoms with E-state index in [0.29, 0.717) is 20.8 Å². The van der Waals surface area contributed by atoms with Crippen LogP contribution in [-0.4, -0.2) is 29.2 Å². The molecule has 0 spiro atoms. The summed E-state index contributed by atoms with van der Waals surface area (Å²) < 4.78 is 4.97. The summed E-state index contributed by atoms with van der Waals surface area (Å²) >= 11 is 13.2. The average Bonchev–Trinajstić information content (AvgIpc) is 2.66. The lowest BCUT2D eigenvalue weighted by Gasteiger charge is -2.16. The first-order valence-electron chi connectivity index (χ1n) is 8.72. The molecule has 1 amide bonds. The van der Waals surface area contributed by atoms with E-state index >= 15 is 0 Å². The van der Waals surface area contributed by atoms with Crippen molar-refractivity contribution < 1.29 is 14.3 Å². The molecule has 1 atom stereocenters. The molecule has 2 rings (SSSR count). The van der Waals surface area contributed by atoms with Crippen LogP contribution >= 0.6 is 35.0 Å². The van der Waals surface area contributed by atoms with Crippen LogP contribution < -0.4 is 5.32 Å². The first-order chi connectivity index (χ1) is 13.8. The fourth-order valence-electron chi connectivity index (χ4n) is 2.54. The molecule has 0 aliphatic heterocycles. The standard InChI is InChI=1S/C20H19Cl2N3O3S/c1-4-28-20(27)16-7-13(9-23)19(25-12(16)3)29-10-18(26)24-11(2)15-6-5-14(21)8-17(15)22/h5-8,11H,4,10H2,1-3H3,(H,24,26). The van der Waals surface area contributed by atoms with Gasteiger partial charge in [-0.15, -0.1) is 0 Å². The van der Waals surface area contributed by atoms with Gasteiger partial charge in [0.2, 0.25) is 5.91 Å². The Bertz CT molecular complexity index is 976. The van der Waals surface area contributed by atoms with Gasteiger partial charge in [-0.1, -0.05) is 41.0 Å². The second-order valence-electron chi connectivity index (χ2n) is 6.05. The Morgan fingerprint density at radius 3 is 2.69 bits per heavy atom. The number of rotatable bonds is 7. The number of aryl methyl sites for hydroxylation is 1. The summed E-state index contributed by atoms with van der Waals surface area (Å²) in [5.74, 6) is -0.724. The molecule has 29 heavy (non-hydrogen) atoms. The van der Waals surface area contributed by atoms with Crippen molar-refractivity contribution in [3.8, 4) is 6.07 Å². The third-order valence-electron chi connectivity index (χ3n) is 3.94. The molecule has 1 N–H and O–H groups in total. The number of carbonyl (C=O) groups excluding carboxylic acids is 2. The zero-order valence-electron chi connectivity index (χ0n) is 16.1. The zero-order valence-corrected chi connectivity index (χ0v) is 18.4. The van der Waals surface area contributed by atoms with E-state index in [9.17, 15) is 14.9 Å². The van der Waals surface area contributed by atoms with Crippen LogP contribution in [0.4, 0.5) is 0 Å². The lowest BCUT2D eigenvalue weighted by molar-refractivity contribution is -0.119. The van der Waals surface area contributed by atoms with E-state index in [1.165, 1.54) is 6.07 Å². The molecule has 6 nitrogen and oxygen atoms in total. The van der Waals surface area contributed by atoms with Crippen molar-refractivity contribution in [2.45, 2.75) is 31.8 Å². The predicted octanol–water partition coefficient (Wildman–Crippen LogP) is 4.71. The Balaban J connectivity index is 2.07. The first kappa shape index (κ1) is 23.0. The smallest absolute Gasteiger partial charge is 0.340 e. The number of aromatic nitrogens is 1. The number of amides is 1.